The Morgan fingerprint density at radius 1 is 1.20 bits per heavy atom. The van der Waals surface area contributed by atoms with E-state index in [0.29, 0.717) is 5.92 Å². The maximum Gasteiger partial charge on any atom is 0.0819 e. The number of aliphatic hydroxyl groups is 1. The molecule has 1 aliphatic rings. The zero-order valence-electron chi connectivity index (χ0n) is 9.26. The molecule has 1 aliphatic heterocycles. The molecular weight excluding hydrogens is 186 g/mol. The van der Waals surface area contributed by atoms with Gasteiger partial charge in [0, 0.05) is 0 Å². The van der Waals surface area contributed by atoms with E-state index in [-0.39, 0.29) is 6.10 Å². The van der Waals surface area contributed by atoms with E-state index in [0.717, 1.165) is 31.5 Å². The molecule has 2 rings (SSSR count). The second kappa shape index (κ2) is 4.77. The fraction of sp³-hybridized carbons (Fsp3) is 0.538. The number of likely N-dealkylation sites (tertiary alicyclic amines) is 1. The van der Waals surface area contributed by atoms with E-state index < -0.39 is 0 Å². The second-order valence-corrected chi connectivity index (χ2v) is 4.50. The molecule has 1 heterocycles. The summed E-state index contributed by atoms with van der Waals surface area (Å²) in [6, 6.07) is 10.0. The third kappa shape index (κ3) is 2.58. The summed E-state index contributed by atoms with van der Waals surface area (Å²) in [5.74, 6) is 0.434. The van der Waals surface area contributed by atoms with Crippen LogP contribution in [0.15, 0.2) is 30.3 Å². The van der Waals surface area contributed by atoms with Crippen molar-refractivity contribution in [1.82, 2.24) is 4.90 Å². The van der Waals surface area contributed by atoms with Gasteiger partial charge in [0.25, 0.3) is 0 Å². The van der Waals surface area contributed by atoms with Crippen LogP contribution in [-0.2, 0) is 0 Å². The van der Waals surface area contributed by atoms with Crippen LogP contribution in [0.5, 0.6) is 0 Å². The fourth-order valence-corrected chi connectivity index (χ4v) is 2.27. The van der Waals surface area contributed by atoms with Crippen LogP contribution < -0.4 is 0 Å². The highest BCUT2D eigenvalue weighted by molar-refractivity contribution is 5.18. The Morgan fingerprint density at radius 3 is 2.40 bits per heavy atom. The van der Waals surface area contributed by atoms with E-state index in [1.807, 2.05) is 30.3 Å². The van der Waals surface area contributed by atoms with Gasteiger partial charge in [-0.1, -0.05) is 30.3 Å². The number of hydrogen-bond acceptors (Lipinski definition) is 2. The Morgan fingerprint density at radius 2 is 1.80 bits per heavy atom. The largest absolute Gasteiger partial charge is 0.388 e. The molecule has 2 heteroatoms. The van der Waals surface area contributed by atoms with E-state index in [1.165, 1.54) is 0 Å². The molecule has 0 saturated carbocycles. The summed E-state index contributed by atoms with van der Waals surface area (Å²) in [6.07, 6.45) is 1.93. The van der Waals surface area contributed by atoms with Crippen LogP contribution in [-0.4, -0.2) is 30.1 Å². The van der Waals surface area contributed by atoms with Gasteiger partial charge in [-0.05, 0) is 44.5 Å². The number of benzene rings is 1. The molecule has 1 atom stereocenters. The predicted octanol–water partition coefficient (Wildman–Crippen LogP) is 2.06. The Hall–Kier alpha value is -0.860. The van der Waals surface area contributed by atoms with Crippen LogP contribution in [0.1, 0.15) is 24.5 Å². The molecule has 2 nitrogen and oxygen atoms in total. The van der Waals surface area contributed by atoms with Gasteiger partial charge in [-0.3, -0.25) is 0 Å². The highest BCUT2D eigenvalue weighted by Crippen LogP contribution is 2.29. The zero-order valence-corrected chi connectivity index (χ0v) is 9.26. The second-order valence-electron chi connectivity index (χ2n) is 4.50. The third-order valence-electron chi connectivity index (χ3n) is 3.35. The molecule has 15 heavy (non-hydrogen) atoms. The van der Waals surface area contributed by atoms with Crippen LogP contribution >= 0.6 is 0 Å². The molecule has 0 aliphatic carbocycles. The highest BCUT2D eigenvalue weighted by atomic mass is 16.3. The number of nitrogens with zero attached hydrogens (tertiary/aromatic N) is 1. The number of rotatable bonds is 2. The molecule has 0 bridgehead atoms. The van der Waals surface area contributed by atoms with Gasteiger partial charge in [-0.25, -0.2) is 0 Å². The van der Waals surface area contributed by atoms with Crippen molar-refractivity contribution in [3.63, 3.8) is 0 Å². The maximum absolute atomic E-state index is 10.2. The first kappa shape index (κ1) is 10.7. The number of hydrogen-bond donors (Lipinski definition) is 1. The number of aliphatic hydroxyl groups excluding tert-OH is 1. The fourth-order valence-electron chi connectivity index (χ4n) is 2.27. The van der Waals surface area contributed by atoms with Gasteiger partial charge in [-0.15, -0.1) is 0 Å². The molecule has 1 saturated heterocycles. The molecule has 82 valence electrons. The third-order valence-corrected chi connectivity index (χ3v) is 3.35. The van der Waals surface area contributed by atoms with Gasteiger partial charge >= 0.3 is 0 Å². The lowest BCUT2D eigenvalue weighted by atomic mass is 9.88. The van der Waals surface area contributed by atoms with Crippen molar-refractivity contribution in [3.05, 3.63) is 35.9 Å². The van der Waals surface area contributed by atoms with Crippen LogP contribution in [0.4, 0.5) is 0 Å². The van der Waals surface area contributed by atoms with E-state index in [1.54, 1.807) is 0 Å². The van der Waals surface area contributed by atoms with Crippen LogP contribution in [0, 0.1) is 5.92 Å². The van der Waals surface area contributed by atoms with Crippen LogP contribution in [0.3, 0.4) is 0 Å². The van der Waals surface area contributed by atoms with E-state index in [9.17, 15) is 5.11 Å². The SMILES string of the molecule is CN1CCC(C(O)c2ccccc2)CC1. The molecule has 0 amide bonds. The summed E-state index contributed by atoms with van der Waals surface area (Å²) in [6.45, 7) is 2.21. The van der Waals surface area contributed by atoms with Gasteiger partial charge in [0.1, 0.15) is 0 Å². The monoisotopic (exact) mass is 205 g/mol. The van der Waals surface area contributed by atoms with Crippen molar-refractivity contribution in [2.75, 3.05) is 20.1 Å². The zero-order chi connectivity index (χ0) is 10.7. The molecule has 1 aromatic carbocycles. The first-order valence-electron chi connectivity index (χ1n) is 5.69. The standard InChI is InChI=1S/C13H19NO/c1-14-9-7-12(8-10-14)13(15)11-5-3-2-4-6-11/h2-6,12-13,15H,7-10H2,1H3. The average Bonchev–Trinajstić information content (AvgIpc) is 2.30. The number of piperidine rings is 1. The molecule has 0 radical (unpaired) electrons. The molecule has 1 unspecified atom stereocenters. The first-order valence-corrected chi connectivity index (χ1v) is 5.69. The molecule has 0 spiro atoms. The summed E-state index contributed by atoms with van der Waals surface area (Å²) in [5.41, 5.74) is 1.06. The normalized spacial score (nSPS) is 21.5. The maximum atomic E-state index is 10.2. The predicted molar refractivity (Wildman–Crippen MR) is 61.6 cm³/mol. The Kier molecular flexibility index (Phi) is 3.39. The summed E-state index contributed by atoms with van der Waals surface area (Å²) in [4.78, 5) is 2.33. The van der Waals surface area contributed by atoms with Gasteiger partial charge in [-0.2, -0.15) is 0 Å². The summed E-state index contributed by atoms with van der Waals surface area (Å²) < 4.78 is 0. The van der Waals surface area contributed by atoms with Gasteiger partial charge in [0.15, 0.2) is 0 Å². The van der Waals surface area contributed by atoms with E-state index >= 15 is 0 Å². The highest BCUT2D eigenvalue weighted by Gasteiger charge is 2.24. The quantitative estimate of drug-likeness (QED) is 0.799. The Bertz CT molecular complexity index is 291. The van der Waals surface area contributed by atoms with Gasteiger partial charge in [0.05, 0.1) is 6.10 Å². The van der Waals surface area contributed by atoms with Crippen molar-refractivity contribution < 1.29 is 5.11 Å². The first-order chi connectivity index (χ1) is 7.27. The molecule has 1 N–H and O–H groups in total. The smallest absolute Gasteiger partial charge is 0.0819 e. The lowest BCUT2D eigenvalue weighted by Crippen LogP contribution is -2.32. The minimum atomic E-state index is -0.278. The van der Waals surface area contributed by atoms with E-state index in [2.05, 4.69) is 11.9 Å². The molecular formula is C13H19NO. The van der Waals surface area contributed by atoms with E-state index in [4.69, 9.17) is 0 Å². The average molecular weight is 205 g/mol. The lowest BCUT2D eigenvalue weighted by molar-refractivity contribution is 0.0657. The van der Waals surface area contributed by atoms with Crippen LogP contribution in [0.2, 0.25) is 0 Å². The molecule has 1 fully saturated rings. The van der Waals surface area contributed by atoms with Crippen molar-refractivity contribution in [2.45, 2.75) is 18.9 Å². The summed E-state index contributed by atoms with van der Waals surface area (Å²) in [7, 11) is 2.14. The van der Waals surface area contributed by atoms with Crippen molar-refractivity contribution in [3.8, 4) is 0 Å². The Balaban J connectivity index is 1.99. The molecule has 0 aromatic heterocycles. The lowest BCUT2D eigenvalue weighted by Gasteiger charge is -2.32. The topological polar surface area (TPSA) is 23.5 Å². The Labute approximate surface area is 91.5 Å². The minimum Gasteiger partial charge on any atom is -0.388 e. The van der Waals surface area contributed by atoms with Crippen molar-refractivity contribution in [1.29, 1.82) is 0 Å². The van der Waals surface area contributed by atoms with Gasteiger partial charge < -0.3 is 10.0 Å². The van der Waals surface area contributed by atoms with Gasteiger partial charge in [0.2, 0.25) is 0 Å². The minimum absolute atomic E-state index is 0.278. The summed E-state index contributed by atoms with van der Waals surface area (Å²) >= 11 is 0. The van der Waals surface area contributed by atoms with Crippen LogP contribution in [0.25, 0.3) is 0 Å². The summed E-state index contributed by atoms with van der Waals surface area (Å²) in [5, 5.41) is 10.2. The molecule has 1 aromatic rings. The van der Waals surface area contributed by atoms with Crippen molar-refractivity contribution in [2.24, 2.45) is 5.92 Å². The van der Waals surface area contributed by atoms with Crippen molar-refractivity contribution >= 4 is 0 Å².